The van der Waals surface area contributed by atoms with E-state index in [4.69, 9.17) is 9.47 Å². The van der Waals surface area contributed by atoms with Gasteiger partial charge in [0.15, 0.2) is 17.6 Å². The van der Waals surface area contributed by atoms with E-state index in [1.165, 1.54) is 4.31 Å². The normalized spacial score (nSPS) is 18.7. The Kier molecular flexibility index (Phi) is 6.48. The van der Waals surface area contributed by atoms with Crippen molar-refractivity contribution in [2.24, 2.45) is 0 Å². The number of carbonyl (C=O) groups excluding carboxylic acids is 1. The molecule has 7 nitrogen and oxygen atoms in total. The van der Waals surface area contributed by atoms with E-state index in [1.54, 1.807) is 36.2 Å². The first-order chi connectivity index (χ1) is 14.9. The Labute approximate surface area is 183 Å². The van der Waals surface area contributed by atoms with Gasteiger partial charge in [0.25, 0.3) is 0 Å². The van der Waals surface area contributed by atoms with Gasteiger partial charge in [0.1, 0.15) is 6.61 Å². The first-order valence-corrected chi connectivity index (χ1v) is 12.1. The molecular weight excluding hydrogens is 416 g/mol. The molecule has 1 saturated heterocycles. The van der Waals surface area contributed by atoms with Crippen LogP contribution in [0.1, 0.15) is 24.8 Å². The van der Waals surface area contributed by atoms with Crippen molar-refractivity contribution in [3.05, 3.63) is 54.1 Å². The third-order valence-electron chi connectivity index (χ3n) is 5.72. The summed E-state index contributed by atoms with van der Waals surface area (Å²) in [6.07, 6.45) is 2.52. The lowest BCUT2D eigenvalue weighted by molar-refractivity contribution is -0.131. The van der Waals surface area contributed by atoms with Crippen LogP contribution in [-0.4, -0.2) is 62.9 Å². The Balaban J connectivity index is 1.27. The van der Waals surface area contributed by atoms with Crippen LogP contribution in [0.15, 0.2) is 53.4 Å². The van der Waals surface area contributed by atoms with Gasteiger partial charge in [0.05, 0.1) is 11.4 Å². The molecule has 2 aliphatic heterocycles. The summed E-state index contributed by atoms with van der Waals surface area (Å²) in [6, 6.07) is 14.4. The Morgan fingerprint density at radius 3 is 2.45 bits per heavy atom. The topological polar surface area (TPSA) is 76.1 Å². The summed E-state index contributed by atoms with van der Waals surface area (Å²) in [6.45, 7) is 2.03. The summed E-state index contributed by atoms with van der Waals surface area (Å²) in [5, 5.41) is 0. The van der Waals surface area contributed by atoms with E-state index in [1.807, 2.05) is 24.3 Å². The number of nitrogens with zero attached hydrogens (tertiary/aromatic N) is 2. The van der Waals surface area contributed by atoms with E-state index in [9.17, 15) is 13.2 Å². The quantitative estimate of drug-likeness (QED) is 0.656. The molecule has 166 valence electrons. The number of para-hydroxylation sites is 2. The van der Waals surface area contributed by atoms with Crippen LogP contribution in [0.2, 0.25) is 0 Å². The summed E-state index contributed by atoms with van der Waals surface area (Å²) < 4.78 is 38.4. The van der Waals surface area contributed by atoms with Crippen LogP contribution in [0, 0.1) is 0 Å². The smallest absolute Gasteiger partial charge is 0.243 e. The molecule has 2 aliphatic rings. The molecule has 1 unspecified atom stereocenters. The highest BCUT2D eigenvalue weighted by molar-refractivity contribution is 7.89. The lowest BCUT2D eigenvalue weighted by atomic mass is 10.1. The second kappa shape index (κ2) is 9.28. The predicted octanol–water partition coefficient (Wildman–Crippen LogP) is 2.70. The monoisotopic (exact) mass is 444 g/mol. The minimum Gasteiger partial charge on any atom is -0.486 e. The molecule has 1 atom stereocenters. The molecule has 1 fully saturated rings. The zero-order valence-corrected chi connectivity index (χ0v) is 18.5. The molecule has 31 heavy (non-hydrogen) atoms. The molecular formula is C23H28N2O5S. The number of sulfonamides is 1. The van der Waals surface area contributed by atoms with E-state index in [0.717, 1.165) is 24.2 Å². The summed E-state index contributed by atoms with van der Waals surface area (Å²) in [5.41, 5.74) is 0.938. The van der Waals surface area contributed by atoms with Crippen LogP contribution < -0.4 is 9.47 Å². The largest absolute Gasteiger partial charge is 0.486 e. The van der Waals surface area contributed by atoms with Crippen molar-refractivity contribution < 1.29 is 22.7 Å². The van der Waals surface area contributed by atoms with E-state index >= 15 is 0 Å². The Morgan fingerprint density at radius 2 is 1.74 bits per heavy atom. The molecule has 0 radical (unpaired) electrons. The van der Waals surface area contributed by atoms with E-state index in [2.05, 4.69) is 0 Å². The number of likely N-dealkylation sites (N-methyl/N-ethyl adjacent to an activating group) is 1. The molecule has 0 bridgehead atoms. The zero-order chi connectivity index (χ0) is 21.8. The minimum absolute atomic E-state index is 0.0104. The van der Waals surface area contributed by atoms with Crippen molar-refractivity contribution in [1.29, 1.82) is 0 Å². The van der Waals surface area contributed by atoms with Crippen LogP contribution >= 0.6 is 0 Å². The number of benzene rings is 2. The van der Waals surface area contributed by atoms with Crippen molar-refractivity contribution in [1.82, 2.24) is 9.21 Å². The summed E-state index contributed by atoms with van der Waals surface area (Å²) in [4.78, 5) is 14.5. The second-order valence-electron chi connectivity index (χ2n) is 8.03. The number of ether oxygens (including phenoxy) is 2. The van der Waals surface area contributed by atoms with Crippen LogP contribution in [0.25, 0.3) is 0 Å². The fraction of sp³-hybridized carbons (Fsp3) is 0.435. The maximum atomic E-state index is 12.6. The molecule has 2 aromatic rings. The Hall–Kier alpha value is -2.58. The van der Waals surface area contributed by atoms with Gasteiger partial charge in [-0.2, -0.15) is 4.31 Å². The Morgan fingerprint density at radius 1 is 1.06 bits per heavy atom. The predicted molar refractivity (Wildman–Crippen MR) is 117 cm³/mol. The van der Waals surface area contributed by atoms with Crippen molar-refractivity contribution in [2.45, 2.75) is 36.7 Å². The highest BCUT2D eigenvalue weighted by atomic mass is 32.2. The Bertz CT molecular complexity index is 1020. The van der Waals surface area contributed by atoms with E-state index < -0.39 is 10.0 Å². The average molecular weight is 445 g/mol. The zero-order valence-electron chi connectivity index (χ0n) is 17.7. The number of carbonyl (C=O) groups is 1. The maximum Gasteiger partial charge on any atom is 0.243 e. The molecule has 0 saturated carbocycles. The van der Waals surface area contributed by atoms with Gasteiger partial charge in [-0.15, -0.1) is 0 Å². The number of rotatable bonds is 7. The number of hydrogen-bond acceptors (Lipinski definition) is 5. The molecule has 0 spiro atoms. The van der Waals surface area contributed by atoms with Crippen LogP contribution in [0.5, 0.6) is 11.5 Å². The van der Waals surface area contributed by atoms with Gasteiger partial charge in [-0.25, -0.2) is 8.42 Å². The highest BCUT2D eigenvalue weighted by Gasteiger charge is 2.27. The first-order valence-electron chi connectivity index (χ1n) is 10.6. The van der Waals surface area contributed by atoms with Gasteiger partial charge >= 0.3 is 0 Å². The molecule has 2 heterocycles. The van der Waals surface area contributed by atoms with Gasteiger partial charge in [-0.1, -0.05) is 24.3 Å². The van der Waals surface area contributed by atoms with Gasteiger partial charge < -0.3 is 14.4 Å². The molecule has 2 aromatic carbocycles. The highest BCUT2D eigenvalue weighted by Crippen LogP contribution is 2.31. The molecule has 4 rings (SSSR count). The average Bonchev–Trinajstić information content (AvgIpc) is 3.33. The van der Waals surface area contributed by atoms with Crippen molar-refractivity contribution in [3.63, 3.8) is 0 Å². The molecule has 0 N–H and O–H groups in total. The fourth-order valence-electron chi connectivity index (χ4n) is 3.91. The summed E-state index contributed by atoms with van der Waals surface area (Å²) in [5.74, 6) is 1.43. The first kappa shape index (κ1) is 21.6. The van der Waals surface area contributed by atoms with Crippen LogP contribution in [0.3, 0.4) is 0 Å². The van der Waals surface area contributed by atoms with Crippen molar-refractivity contribution in [2.75, 3.05) is 33.3 Å². The van der Waals surface area contributed by atoms with E-state index in [-0.39, 0.29) is 12.0 Å². The van der Waals surface area contributed by atoms with E-state index in [0.29, 0.717) is 49.7 Å². The van der Waals surface area contributed by atoms with Crippen molar-refractivity contribution >= 4 is 15.9 Å². The molecule has 0 aliphatic carbocycles. The van der Waals surface area contributed by atoms with Crippen molar-refractivity contribution in [3.8, 4) is 11.5 Å². The summed E-state index contributed by atoms with van der Waals surface area (Å²) >= 11 is 0. The standard InChI is InChI=1S/C23H28N2O5S/c1-24(16-19-17-29-21-6-2-3-7-22(21)30-19)23(26)13-10-18-8-11-20(12-9-18)31(27,28)25-14-4-5-15-25/h2-3,6-9,11-12,19H,4-5,10,13-17H2,1H3. The van der Waals surface area contributed by atoms with Crippen LogP contribution in [-0.2, 0) is 21.2 Å². The van der Waals surface area contributed by atoms with Gasteiger partial charge in [-0.3, -0.25) is 4.79 Å². The molecule has 8 heteroatoms. The number of fused-ring (bicyclic) bond motifs is 1. The lowest BCUT2D eigenvalue weighted by Crippen LogP contribution is -2.41. The number of amides is 1. The SMILES string of the molecule is CN(CC1COc2ccccc2O1)C(=O)CCc1ccc(S(=O)(=O)N2CCCC2)cc1. The maximum absolute atomic E-state index is 12.6. The third-order valence-corrected chi connectivity index (χ3v) is 7.64. The van der Waals surface area contributed by atoms with Gasteiger partial charge in [0.2, 0.25) is 15.9 Å². The van der Waals surface area contributed by atoms with Gasteiger partial charge in [-0.05, 0) is 49.1 Å². The summed E-state index contributed by atoms with van der Waals surface area (Å²) in [7, 11) is -1.64. The second-order valence-corrected chi connectivity index (χ2v) is 9.96. The lowest BCUT2D eigenvalue weighted by Gasteiger charge is -2.29. The minimum atomic E-state index is -3.41. The van der Waals surface area contributed by atoms with Crippen LogP contribution in [0.4, 0.5) is 0 Å². The molecule has 1 amide bonds. The number of aryl methyl sites for hydroxylation is 1. The third kappa shape index (κ3) is 5.02. The van der Waals surface area contributed by atoms with Gasteiger partial charge in [0, 0.05) is 26.6 Å². The fourth-order valence-corrected chi connectivity index (χ4v) is 5.43. The number of hydrogen-bond donors (Lipinski definition) is 0. The molecule has 0 aromatic heterocycles.